The number of piperazine rings is 1. The van der Waals surface area contributed by atoms with Crippen molar-refractivity contribution in [3.63, 3.8) is 0 Å². The van der Waals surface area contributed by atoms with Gasteiger partial charge in [0.05, 0.1) is 0 Å². The van der Waals surface area contributed by atoms with Gasteiger partial charge in [-0.1, -0.05) is 18.2 Å². The molecule has 1 heterocycles. The van der Waals surface area contributed by atoms with Crippen molar-refractivity contribution in [2.24, 2.45) is 5.92 Å². The first-order valence-electron chi connectivity index (χ1n) is 6.55. The summed E-state index contributed by atoms with van der Waals surface area (Å²) in [6.07, 6.45) is 2.51. The summed E-state index contributed by atoms with van der Waals surface area (Å²) >= 11 is 0. The summed E-state index contributed by atoms with van der Waals surface area (Å²) in [5.74, 6) is 0.632. The van der Waals surface area contributed by atoms with Gasteiger partial charge < -0.3 is 5.32 Å². The topological polar surface area (TPSA) is 15.3 Å². The van der Waals surface area contributed by atoms with E-state index in [4.69, 9.17) is 0 Å². The zero-order valence-corrected chi connectivity index (χ0v) is 12.5. The van der Waals surface area contributed by atoms with Crippen molar-refractivity contribution in [2.75, 3.05) is 26.2 Å². The molecule has 1 aliphatic heterocycles. The SMILES string of the molecule is Cl.Cl.Fc1ccccc1[C@H](C1CC1)N1CCNCC1. The number of nitrogens with zero attached hydrogens (tertiary/aromatic N) is 1. The summed E-state index contributed by atoms with van der Waals surface area (Å²) < 4.78 is 13.9. The third-order valence-corrected chi connectivity index (χ3v) is 3.84. The van der Waals surface area contributed by atoms with E-state index in [2.05, 4.69) is 10.2 Å². The van der Waals surface area contributed by atoms with Gasteiger partial charge in [-0.3, -0.25) is 4.90 Å². The van der Waals surface area contributed by atoms with Crippen LogP contribution in [0.5, 0.6) is 0 Å². The van der Waals surface area contributed by atoms with Crippen LogP contribution in [0.4, 0.5) is 4.39 Å². The monoisotopic (exact) mass is 306 g/mol. The Morgan fingerprint density at radius 1 is 1.11 bits per heavy atom. The normalized spacial score (nSPS) is 21.1. The van der Waals surface area contributed by atoms with Crippen molar-refractivity contribution in [3.05, 3.63) is 35.6 Å². The minimum atomic E-state index is -0.0390. The van der Waals surface area contributed by atoms with Gasteiger partial charge in [0, 0.05) is 37.8 Å². The fourth-order valence-electron chi connectivity index (χ4n) is 2.84. The van der Waals surface area contributed by atoms with Gasteiger partial charge >= 0.3 is 0 Å². The van der Waals surface area contributed by atoms with Crippen LogP contribution in [0, 0.1) is 11.7 Å². The zero-order chi connectivity index (χ0) is 11.7. The maximum absolute atomic E-state index is 13.9. The minimum absolute atomic E-state index is 0. The lowest BCUT2D eigenvalue weighted by atomic mass is 9.99. The molecule has 1 aromatic carbocycles. The summed E-state index contributed by atoms with van der Waals surface area (Å²) in [4.78, 5) is 2.45. The van der Waals surface area contributed by atoms with Crippen molar-refractivity contribution in [1.29, 1.82) is 0 Å². The van der Waals surface area contributed by atoms with Gasteiger partial charge in [-0.05, 0) is 24.8 Å². The minimum Gasteiger partial charge on any atom is -0.314 e. The lowest BCUT2D eigenvalue weighted by Crippen LogP contribution is -2.45. The molecular weight excluding hydrogens is 286 g/mol. The summed E-state index contributed by atoms with van der Waals surface area (Å²) in [5.41, 5.74) is 0.900. The van der Waals surface area contributed by atoms with Gasteiger partial charge in [-0.15, -0.1) is 24.8 Å². The Bertz CT molecular complexity index is 393. The summed E-state index contributed by atoms with van der Waals surface area (Å²) in [6.45, 7) is 4.13. The Morgan fingerprint density at radius 2 is 1.74 bits per heavy atom. The molecule has 2 fully saturated rings. The van der Waals surface area contributed by atoms with Crippen LogP contribution in [0.25, 0.3) is 0 Å². The summed E-state index contributed by atoms with van der Waals surface area (Å²) in [6, 6.07) is 7.59. The highest BCUT2D eigenvalue weighted by Gasteiger charge is 2.37. The maximum Gasteiger partial charge on any atom is 0.127 e. The van der Waals surface area contributed by atoms with E-state index < -0.39 is 0 Å². The molecule has 5 heteroatoms. The average molecular weight is 307 g/mol. The van der Waals surface area contributed by atoms with E-state index in [-0.39, 0.29) is 30.6 Å². The highest BCUT2D eigenvalue weighted by atomic mass is 35.5. The molecule has 1 aliphatic carbocycles. The van der Waals surface area contributed by atoms with Gasteiger partial charge in [0.25, 0.3) is 0 Å². The number of nitrogens with one attached hydrogen (secondary N) is 1. The highest BCUT2D eigenvalue weighted by Crippen LogP contribution is 2.45. The average Bonchev–Trinajstić information content (AvgIpc) is 3.18. The molecule has 1 aromatic rings. The number of benzene rings is 1. The maximum atomic E-state index is 13.9. The fourth-order valence-corrected chi connectivity index (χ4v) is 2.84. The van der Waals surface area contributed by atoms with Crippen molar-refractivity contribution in [3.8, 4) is 0 Å². The lowest BCUT2D eigenvalue weighted by Gasteiger charge is -2.35. The zero-order valence-electron chi connectivity index (χ0n) is 10.8. The standard InChI is InChI=1S/C14H19FN2.2ClH/c15-13-4-2-1-3-12(13)14(11-5-6-11)17-9-7-16-8-10-17;;/h1-4,11,14,16H,5-10H2;2*1H/t14-;;/m0../s1. The van der Waals surface area contributed by atoms with Crippen molar-refractivity contribution < 1.29 is 4.39 Å². The molecule has 0 amide bonds. The molecule has 0 spiro atoms. The lowest BCUT2D eigenvalue weighted by molar-refractivity contribution is 0.153. The molecular formula is C14H21Cl2FN2. The van der Waals surface area contributed by atoms with E-state index in [1.54, 1.807) is 12.1 Å². The summed E-state index contributed by atoms with van der Waals surface area (Å²) in [7, 11) is 0. The first kappa shape index (κ1) is 16.7. The predicted octanol–water partition coefficient (Wildman–Crippen LogP) is 3.03. The second-order valence-electron chi connectivity index (χ2n) is 5.09. The second-order valence-corrected chi connectivity index (χ2v) is 5.09. The van der Waals surface area contributed by atoms with Crippen LogP contribution in [-0.2, 0) is 0 Å². The van der Waals surface area contributed by atoms with Gasteiger partial charge in [0.15, 0.2) is 0 Å². The number of halogens is 3. The molecule has 2 nitrogen and oxygen atoms in total. The number of hydrogen-bond acceptors (Lipinski definition) is 2. The van der Waals surface area contributed by atoms with E-state index in [1.807, 2.05) is 12.1 Å². The molecule has 3 rings (SSSR count). The molecule has 1 N–H and O–H groups in total. The van der Waals surface area contributed by atoms with Gasteiger partial charge in [0.1, 0.15) is 5.82 Å². The fraction of sp³-hybridized carbons (Fsp3) is 0.571. The van der Waals surface area contributed by atoms with Crippen LogP contribution in [0.2, 0.25) is 0 Å². The van der Waals surface area contributed by atoms with Crippen molar-refractivity contribution >= 4 is 24.8 Å². The van der Waals surface area contributed by atoms with Gasteiger partial charge in [0.2, 0.25) is 0 Å². The Hall–Kier alpha value is -0.350. The Labute approximate surface area is 126 Å². The molecule has 108 valence electrons. The second kappa shape index (κ2) is 7.44. The van der Waals surface area contributed by atoms with Crippen LogP contribution >= 0.6 is 24.8 Å². The third kappa shape index (κ3) is 3.82. The van der Waals surface area contributed by atoms with E-state index in [1.165, 1.54) is 12.8 Å². The molecule has 1 saturated heterocycles. The van der Waals surface area contributed by atoms with Crippen LogP contribution in [-0.4, -0.2) is 31.1 Å². The van der Waals surface area contributed by atoms with Crippen LogP contribution < -0.4 is 5.32 Å². The molecule has 19 heavy (non-hydrogen) atoms. The predicted molar refractivity (Wildman–Crippen MR) is 80.8 cm³/mol. The molecule has 1 atom stereocenters. The first-order valence-corrected chi connectivity index (χ1v) is 6.55. The Kier molecular flexibility index (Phi) is 6.54. The largest absolute Gasteiger partial charge is 0.314 e. The number of rotatable bonds is 3. The molecule has 0 bridgehead atoms. The van der Waals surface area contributed by atoms with E-state index in [0.717, 1.165) is 31.7 Å². The Balaban J connectivity index is 0.000000902. The van der Waals surface area contributed by atoms with E-state index in [0.29, 0.717) is 12.0 Å². The van der Waals surface area contributed by atoms with Gasteiger partial charge in [-0.25, -0.2) is 4.39 Å². The van der Waals surface area contributed by atoms with Gasteiger partial charge in [-0.2, -0.15) is 0 Å². The molecule has 1 saturated carbocycles. The van der Waals surface area contributed by atoms with Crippen LogP contribution in [0.1, 0.15) is 24.4 Å². The molecule has 0 unspecified atom stereocenters. The van der Waals surface area contributed by atoms with Crippen LogP contribution in [0.3, 0.4) is 0 Å². The molecule has 0 aromatic heterocycles. The third-order valence-electron chi connectivity index (χ3n) is 3.84. The quantitative estimate of drug-likeness (QED) is 0.923. The van der Waals surface area contributed by atoms with Crippen molar-refractivity contribution in [1.82, 2.24) is 10.2 Å². The van der Waals surface area contributed by atoms with E-state index in [9.17, 15) is 4.39 Å². The summed E-state index contributed by atoms with van der Waals surface area (Å²) in [5, 5.41) is 3.36. The van der Waals surface area contributed by atoms with Crippen molar-refractivity contribution in [2.45, 2.75) is 18.9 Å². The van der Waals surface area contributed by atoms with Crippen LogP contribution in [0.15, 0.2) is 24.3 Å². The highest BCUT2D eigenvalue weighted by molar-refractivity contribution is 5.85. The molecule has 2 aliphatic rings. The Morgan fingerprint density at radius 3 is 2.32 bits per heavy atom. The molecule has 0 radical (unpaired) electrons. The smallest absolute Gasteiger partial charge is 0.127 e. The number of hydrogen-bond donors (Lipinski definition) is 1. The van der Waals surface area contributed by atoms with E-state index >= 15 is 0 Å². The first-order chi connectivity index (χ1) is 8.36.